The lowest BCUT2D eigenvalue weighted by Gasteiger charge is -2.12. The van der Waals surface area contributed by atoms with E-state index in [4.69, 9.17) is 4.42 Å². The lowest BCUT2D eigenvalue weighted by atomic mass is 10.0. The van der Waals surface area contributed by atoms with Gasteiger partial charge in [0.15, 0.2) is 0 Å². The molecule has 0 aromatic heterocycles. The van der Waals surface area contributed by atoms with E-state index in [1.165, 1.54) is 43.8 Å². The fourth-order valence-corrected chi connectivity index (χ4v) is 4.57. The summed E-state index contributed by atoms with van der Waals surface area (Å²) in [5.41, 5.74) is 5.89. The molecule has 1 heterocycles. The monoisotopic (exact) mass is 384 g/mol. The average Bonchev–Trinajstić information content (AvgIpc) is 3.14. The molecule has 0 N–H and O–H groups in total. The Morgan fingerprint density at radius 2 is 1.20 bits per heavy atom. The van der Waals surface area contributed by atoms with Crippen molar-refractivity contribution >= 4 is 21.5 Å². The van der Waals surface area contributed by atoms with Crippen LogP contribution in [0.15, 0.2) is 108 Å². The molecule has 0 radical (unpaired) electrons. The quantitative estimate of drug-likeness (QED) is 0.292. The van der Waals surface area contributed by atoms with Crippen LogP contribution in [0.1, 0.15) is 5.56 Å². The fourth-order valence-electron chi connectivity index (χ4n) is 4.57. The molecule has 0 saturated heterocycles. The van der Waals surface area contributed by atoms with Gasteiger partial charge in [0.1, 0.15) is 11.5 Å². The minimum absolute atomic E-state index is 0.901. The van der Waals surface area contributed by atoms with Crippen molar-refractivity contribution in [3.05, 3.63) is 109 Å². The highest BCUT2D eigenvalue weighted by Gasteiger charge is 2.24. The number of benzene rings is 4. The molecule has 2 aliphatic rings. The van der Waals surface area contributed by atoms with Gasteiger partial charge in [-0.15, -0.1) is 0 Å². The van der Waals surface area contributed by atoms with E-state index in [1.54, 1.807) is 0 Å². The number of aryl methyl sites for hydroxylation is 1. The molecule has 4 aromatic rings. The van der Waals surface area contributed by atoms with Crippen LogP contribution in [-0.4, -0.2) is 0 Å². The van der Waals surface area contributed by atoms with Gasteiger partial charge in [0.05, 0.1) is 0 Å². The molecule has 0 spiro atoms. The van der Waals surface area contributed by atoms with Crippen molar-refractivity contribution in [3.8, 4) is 33.8 Å². The second kappa shape index (κ2) is 6.60. The zero-order valence-electron chi connectivity index (χ0n) is 16.7. The number of rotatable bonds is 2. The van der Waals surface area contributed by atoms with Crippen LogP contribution < -0.4 is 0 Å². The normalized spacial score (nSPS) is 11.5. The minimum atomic E-state index is 0.901. The van der Waals surface area contributed by atoms with Gasteiger partial charge in [-0.25, -0.2) is 0 Å². The zero-order valence-corrected chi connectivity index (χ0v) is 16.7. The van der Waals surface area contributed by atoms with Crippen LogP contribution in [-0.2, 0) is 0 Å². The second-order valence-corrected chi connectivity index (χ2v) is 7.85. The average molecular weight is 384 g/mol. The molecular formula is C29H20O. The van der Waals surface area contributed by atoms with Crippen LogP contribution in [0.5, 0.6) is 0 Å². The highest BCUT2D eigenvalue weighted by atomic mass is 16.3. The van der Waals surface area contributed by atoms with Crippen molar-refractivity contribution in [1.82, 2.24) is 0 Å². The Morgan fingerprint density at radius 3 is 2.00 bits per heavy atom. The van der Waals surface area contributed by atoms with Crippen LogP contribution in [0.3, 0.4) is 0 Å². The Kier molecular flexibility index (Phi) is 3.75. The van der Waals surface area contributed by atoms with Gasteiger partial charge in [-0.3, -0.25) is 0 Å². The molecule has 0 saturated carbocycles. The summed E-state index contributed by atoms with van der Waals surface area (Å²) < 4.78 is 6.65. The summed E-state index contributed by atoms with van der Waals surface area (Å²) in [7, 11) is 0. The van der Waals surface area contributed by atoms with Crippen molar-refractivity contribution in [2.24, 2.45) is 0 Å². The van der Waals surface area contributed by atoms with Crippen molar-refractivity contribution in [2.75, 3.05) is 0 Å². The van der Waals surface area contributed by atoms with E-state index in [0.717, 1.165) is 17.1 Å². The largest absolute Gasteiger partial charge is 0.455 e. The molecule has 0 unspecified atom stereocenters. The fraction of sp³-hybridized carbons (Fsp3) is 0.0345. The van der Waals surface area contributed by atoms with E-state index in [2.05, 4.69) is 110 Å². The molecule has 6 rings (SSSR count). The lowest BCUT2D eigenvalue weighted by molar-refractivity contribution is 0.583. The standard InChI is InChI=1S/C29H20O/c1-19-17-26(23-16-15-20-9-5-6-12-22(20)18-23)30-29-27(19)24-13-7-8-14-25(24)28(29)21-10-3-2-4-11-21/h2-18H,1H3. The second-order valence-electron chi connectivity index (χ2n) is 7.85. The van der Waals surface area contributed by atoms with Gasteiger partial charge >= 0.3 is 0 Å². The summed E-state index contributed by atoms with van der Waals surface area (Å²) in [6.45, 7) is 2.18. The SMILES string of the molecule is Cc1cc(-c2ccc3ccccc3c2)oc2c(-c3ccccc3)c3ccccc3c1-2. The molecule has 1 aliphatic heterocycles. The zero-order chi connectivity index (χ0) is 20.1. The van der Waals surface area contributed by atoms with E-state index in [9.17, 15) is 0 Å². The maximum absolute atomic E-state index is 6.65. The third kappa shape index (κ3) is 2.56. The number of hydrogen-bond donors (Lipinski definition) is 0. The van der Waals surface area contributed by atoms with Crippen molar-refractivity contribution < 1.29 is 4.42 Å². The first-order chi connectivity index (χ1) is 14.8. The molecule has 1 aliphatic carbocycles. The minimum Gasteiger partial charge on any atom is -0.455 e. The van der Waals surface area contributed by atoms with Gasteiger partial charge in [0, 0.05) is 16.7 Å². The molecule has 4 aromatic carbocycles. The van der Waals surface area contributed by atoms with Gasteiger partial charge < -0.3 is 4.42 Å². The lowest BCUT2D eigenvalue weighted by Crippen LogP contribution is -1.88. The highest BCUT2D eigenvalue weighted by Crippen LogP contribution is 2.48. The van der Waals surface area contributed by atoms with Gasteiger partial charge in [-0.05, 0) is 51.7 Å². The Labute approximate surface area is 175 Å². The van der Waals surface area contributed by atoms with Gasteiger partial charge in [0.2, 0.25) is 0 Å². The number of hydrogen-bond acceptors (Lipinski definition) is 1. The molecule has 0 atom stereocenters. The molecule has 1 nitrogen and oxygen atoms in total. The molecule has 30 heavy (non-hydrogen) atoms. The molecule has 1 heteroatoms. The van der Waals surface area contributed by atoms with Crippen LogP contribution >= 0.6 is 0 Å². The van der Waals surface area contributed by atoms with Crippen molar-refractivity contribution in [1.29, 1.82) is 0 Å². The Hall–Kier alpha value is -3.84. The molecule has 0 amide bonds. The summed E-state index contributed by atoms with van der Waals surface area (Å²) in [6.07, 6.45) is 0. The Balaban J connectivity index is 1.68. The summed E-state index contributed by atoms with van der Waals surface area (Å²) >= 11 is 0. The molecule has 142 valence electrons. The van der Waals surface area contributed by atoms with Crippen LogP contribution in [0.2, 0.25) is 0 Å². The Morgan fingerprint density at radius 1 is 0.533 bits per heavy atom. The molecular weight excluding hydrogens is 364 g/mol. The first-order valence-corrected chi connectivity index (χ1v) is 10.3. The van der Waals surface area contributed by atoms with E-state index in [1.807, 2.05) is 0 Å². The van der Waals surface area contributed by atoms with E-state index < -0.39 is 0 Å². The first kappa shape index (κ1) is 17.1. The Bertz CT molecular complexity index is 1490. The highest BCUT2D eigenvalue weighted by molar-refractivity contribution is 6.14. The first-order valence-electron chi connectivity index (χ1n) is 10.3. The predicted octanol–water partition coefficient (Wildman–Crippen LogP) is 8.33. The number of fused-ring (bicyclic) bond motifs is 4. The van der Waals surface area contributed by atoms with E-state index in [0.29, 0.717) is 0 Å². The molecule has 0 fully saturated rings. The van der Waals surface area contributed by atoms with Gasteiger partial charge in [-0.2, -0.15) is 0 Å². The summed E-state index contributed by atoms with van der Waals surface area (Å²) in [5, 5.41) is 4.95. The van der Waals surface area contributed by atoms with Crippen LogP contribution in [0.4, 0.5) is 0 Å². The summed E-state index contributed by atoms with van der Waals surface area (Å²) in [6, 6.07) is 36.3. The van der Waals surface area contributed by atoms with E-state index >= 15 is 0 Å². The third-order valence-corrected chi connectivity index (χ3v) is 5.97. The van der Waals surface area contributed by atoms with Crippen LogP contribution in [0.25, 0.3) is 55.3 Å². The van der Waals surface area contributed by atoms with Gasteiger partial charge in [-0.1, -0.05) is 91.0 Å². The summed E-state index contributed by atoms with van der Waals surface area (Å²) in [5.74, 6) is 1.86. The van der Waals surface area contributed by atoms with E-state index in [-0.39, 0.29) is 0 Å². The smallest absolute Gasteiger partial charge is 0.144 e. The maximum Gasteiger partial charge on any atom is 0.144 e. The summed E-state index contributed by atoms with van der Waals surface area (Å²) in [4.78, 5) is 0. The topological polar surface area (TPSA) is 13.1 Å². The van der Waals surface area contributed by atoms with Crippen molar-refractivity contribution in [3.63, 3.8) is 0 Å². The van der Waals surface area contributed by atoms with Crippen LogP contribution in [0, 0.1) is 6.92 Å². The van der Waals surface area contributed by atoms with Gasteiger partial charge in [0.25, 0.3) is 0 Å². The third-order valence-electron chi connectivity index (χ3n) is 5.97. The maximum atomic E-state index is 6.65. The molecule has 0 bridgehead atoms. The predicted molar refractivity (Wildman–Crippen MR) is 126 cm³/mol. The van der Waals surface area contributed by atoms with Crippen molar-refractivity contribution in [2.45, 2.75) is 6.92 Å².